The second-order valence-electron chi connectivity index (χ2n) is 6.40. The highest BCUT2D eigenvalue weighted by Gasteiger charge is 2.22. The Morgan fingerprint density at radius 1 is 1.17 bits per heavy atom. The van der Waals surface area contributed by atoms with E-state index >= 15 is 0 Å². The van der Waals surface area contributed by atoms with Crippen molar-refractivity contribution in [3.63, 3.8) is 0 Å². The van der Waals surface area contributed by atoms with E-state index < -0.39 is 16.8 Å². The molecule has 0 unspecified atom stereocenters. The molecule has 29 heavy (non-hydrogen) atoms. The summed E-state index contributed by atoms with van der Waals surface area (Å²) in [5.74, 6) is -1.29. The summed E-state index contributed by atoms with van der Waals surface area (Å²) in [6.45, 7) is 2.38. The van der Waals surface area contributed by atoms with Crippen molar-refractivity contribution in [2.45, 2.75) is 19.8 Å². The molecule has 1 heterocycles. The minimum atomic E-state index is -0.745. The van der Waals surface area contributed by atoms with Crippen molar-refractivity contribution < 1.29 is 24.0 Å². The van der Waals surface area contributed by atoms with E-state index in [4.69, 9.17) is 4.74 Å². The summed E-state index contributed by atoms with van der Waals surface area (Å²) in [4.78, 5) is 48.4. The molecule has 1 saturated heterocycles. The van der Waals surface area contributed by atoms with Gasteiger partial charge in [0, 0.05) is 42.0 Å². The molecule has 0 aromatic heterocycles. The lowest BCUT2D eigenvalue weighted by Crippen LogP contribution is -2.23. The van der Waals surface area contributed by atoms with Gasteiger partial charge in [-0.25, -0.2) is 4.79 Å². The zero-order valence-electron chi connectivity index (χ0n) is 15.7. The number of hydrogen-bond donors (Lipinski definition) is 1. The lowest BCUT2D eigenvalue weighted by atomic mass is 10.1. The van der Waals surface area contributed by atoms with Gasteiger partial charge in [-0.15, -0.1) is 0 Å². The number of nitro benzene ring substituents is 1. The number of nitro groups is 1. The Hall–Kier alpha value is -3.75. The van der Waals surface area contributed by atoms with Gasteiger partial charge in [-0.2, -0.15) is 0 Å². The van der Waals surface area contributed by atoms with Crippen LogP contribution in [0.3, 0.4) is 0 Å². The van der Waals surface area contributed by atoms with E-state index in [1.165, 1.54) is 6.07 Å². The van der Waals surface area contributed by atoms with Gasteiger partial charge in [0.25, 0.3) is 11.6 Å². The molecule has 2 aromatic rings. The number of carbonyl (C=O) groups is 3. The van der Waals surface area contributed by atoms with Crippen molar-refractivity contribution in [1.82, 2.24) is 0 Å². The molecular formula is C20H19N3O6. The highest BCUT2D eigenvalue weighted by atomic mass is 16.6. The van der Waals surface area contributed by atoms with Gasteiger partial charge in [-0.1, -0.05) is 0 Å². The van der Waals surface area contributed by atoms with Gasteiger partial charge in [-0.3, -0.25) is 19.7 Å². The van der Waals surface area contributed by atoms with Gasteiger partial charge in [0.15, 0.2) is 0 Å². The molecule has 9 nitrogen and oxygen atoms in total. The van der Waals surface area contributed by atoms with Crippen molar-refractivity contribution in [3.05, 3.63) is 63.7 Å². The molecule has 0 bridgehead atoms. The van der Waals surface area contributed by atoms with Gasteiger partial charge in [0.05, 0.1) is 17.1 Å². The van der Waals surface area contributed by atoms with E-state index in [-0.39, 0.29) is 29.3 Å². The molecule has 2 aromatic carbocycles. The number of esters is 1. The van der Waals surface area contributed by atoms with Gasteiger partial charge in [0.1, 0.15) is 0 Å². The van der Waals surface area contributed by atoms with Crippen molar-refractivity contribution in [2.75, 3.05) is 23.4 Å². The van der Waals surface area contributed by atoms with Gasteiger partial charge in [-0.05, 0) is 43.7 Å². The minimum absolute atomic E-state index is 0.0407. The second kappa shape index (κ2) is 8.51. The molecule has 150 valence electrons. The highest BCUT2D eigenvalue weighted by molar-refractivity contribution is 6.06. The maximum Gasteiger partial charge on any atom is 0.338 e. The van der Waals surface area contributed by atoms with E-state index in [1.54, 1.807) is 36.1 Å². The van der Waals surface area contributed by atoms with Crippen LogP contribution in [-0.2, 0) is 9.53 Å². The van der Waals surface area contributed by atoms with Crippen LogP contribution in [0.1, 0.15) is 40.5 Å². The fourth-order valence-corrected chi connectivity index (χ4v) is 3.03. The Morgan fingerprint density at radius 2 is 1.86 bits per heavy atom. The van der Waals surface area contributed by atoms with Crippen LogP contribution in [0.25, 0.3) is 0 Å². The molecular weight excluding hydrogens is 378 g/mol. The number of amides is 2. The molecule has 0 spiro atoms. The quantitative estimate of drug-likeness (QED) is 0.454. The molecule has 1 N–H and O–H groups in total. The lowest BCUT2D eigenvalue weighted by molar-refractivity contribution is -0.384. The Kier molecular flexibility index (Phi) is 5.87. The third-order valence-corrected chi connectivity index (χ3v) is 4.41. The Balaban J connectivity index is 1.80. The summed E-state index contributed by atoms with van der Waals surface area (Å²) in [5, 5.41) is 13.8. The number of hydrogen-bond acceptors (Lipinski definition) is 6. The molecule has 0 saturated carbocycles. The summed E-state index contributed by atoms with van der Waals surface area (Å²) in [6, 6.07) is 10.1. The van der Waals surface area contributed by atoms with Crippen molar-refractivity contribution in [3.8, 4) is 0 Å². The maximum absolute atomic E-state index is 12.6. The summed E-state index contributed by atoms with van der Waals surface area (Å²) >= 11 is 0. The summed E-state index contributed by atoms with van der Waals surface area (Å²) < 4.78 is 4.86. The fraction of sp³-hybridized carbons (Fsp3) is 0.250. The first kappa shape index (κ1) is 20.0. The van der Waals surface area contributed by atoms with Crippen LogP contribution in [-0.4, -0.2) is 35.9 Å². The average Bonchev–Trinajstić information content (AvgIpc) is 3.14. The summed E-state index contributed by atoms with van der Waals surface area (Å²) in [6.07, 6.45) is 1.33. The Morgan fingerprint density at radius 3 is 2.45 bits per heavy atom. The normalized spacial score (nSPS) is 13.3. The first-order valence-electron chi connectivity index (χ1n) is 9.07. The van der Waals surface area contributed by atoms with Gasteiger partial charge < -0.3 is 15.0 Å². The number of nitrogens with zero attached hydrogens (tertiary/aromatic N) is 2. The molecule has 2 amide bonds. The average molecular weight is 397 g/mol. The number of ether oxygens (including phenoxy) is 1. The van der Waals surface area contributed by atoms with E-state index in [2.05, 4.69) is 5.32 Å². The van der Waals surface area contributed by atoms with Crippen molar-refractivity contribution >= 4 is 34.8 Å². The zero-order chi connectivity index (χ0) is 21.0. The third-order valence-electron chi connectivity index (χ3n) is 4.41. The smallest absolute Gasteiger partial charge is 0.338 e. The topological polar surface area (TPSA) is 119 Å². The molecule has 0 atom stereocenters. The first-order valence-corrected chi connectivity index (χ1v) is 9.07. The lowest BCUT2D eigenvalue weighted by Gasteiger charge is -2.16. The largest absolute Gasteiger partial charge is 0.462 e. The van der Waals surface area contributed by atoms with Crippen molar-refractivity contribution in [2.24, 2.45) is 0 Å². The highest BCUT2D eigenvalue weighted by Crippen LogP contribution is 2.24. The number of carbonyl (C=O) groups excluding carboxylic acids is 3. The third kappa shape index (κ3) is 4.57. The molecule has 0 radical (unpaired) electrons. The monoisotopic (exact) mass is 397 g/mol. The van der Waals surface area contributed by atoms with E-state index in [0.717, 1.165) is 24.2 Å². The van der Waals surface area contributed by atoms with Crippen LogP contribution >= 0.6 is 0 Å². The molecule has 1 aliphatic heterocycles. The Labute approximate surface area is 166 Å². The van der Waals surface area contributed by atoms with Crippen LogP contribution in [0.15, 0.2) is 42.5 Å². The van der Waals surface area contributed by atoms with E-state index in [9.17, 15) is 24.5 Å². The van der Waals surface area contributed by atoms with Gasteiger partial charge in [0.2, 0.25) is 5.91 Å². The number of rotatable bonds is 6. The number of anilines is 2. The zero-order valence-corrected chi connectivity index (χ0v) is 15.7. The van der Waals surface area contributed by atoms with Crippen LogP contribution < -0.4 is 10.2 Å². The van der Waals surface area contributed by atoms with Gasteiger partial charge >= 0.3 is 5.97 Å². The predicted molar refractivity (Wildman–Crippen MR) is 105 cm³/mol. The molecule has 9 heteroatoms. The van der Waals surface area contributed by atoms with Crippen LogP contribution in [0.2, 0.25) is 0 Å². The summed E-state index contributed by atoms with van der Waals surface area (Å²) in [7, 11) is 0. The molecule has 1 aliphatic rings. The molecule has 0 aliphatic carbocycles. The number of nitrogens with one attached hydrogen (secondary N) is 1. The molecule has 1 fully saturated rings. The first-order chi connectivity index (χ1) is 13.9. The van der Waals surface area contributed by atoms with Crippen LogP contribution in [0.5, 0.6) is 0 Å². The molecule has 3 rings (SSSR count). The minimum Gasteiger partial charge on any atom is -0.462 e. The standard InChI is InChI=1S/C20H19N3O6/c1-2-29-20(26)14-10-13(11-17(12-14)23(27)28)19(25)21-15-5-7-16(8-6-15)22-9-3-4-18(22)24/h5-8,10-12H,2-4,9H2,1H3,(H,21,25). The van der Waals surface area contributed by atoms with Crippen LogP contribution in [0.4, 0.5) is 17.1 Å². The van der Waals surface area contributed by atoms with Crippen LogP contribution in [0, 0.1) is 10.1 Å². The SMILES string of the molecule is CCOC(=O)c1cc(C(=O)Nc2ccc(N3CCCC3=O)cc2)cc([N+](=O)[O-])c1. The number of non-ortho nitro benzene ring substituents is 1. The number of benzene rings is 2. The second-order valence-corrected chi connectivity index (χ2v) is 6.40. The summed E-state index contributed by atoms with van der Waals surface area (Å²) in [5.41, 5.74) is 0.693. The fourth-order valence-electron chi connectivity index (χ4n) is 3.03. The van der Waals surface area contributed by atoms with E-state index in [1.807, 2.05) is 0 Å². The maximum atomic E-state index is 12.6. The van der Waals surface area contributed by atoms with Crippen molar-refractivity contribution in [1.29, 1.82) is 0 Å². The van der Waals surface area contributed by atoms with E-state index in [0.29, 0.717) is 18.7 Å². The Bertz CT molecular complexity index is 971. The predicted octanol–water partition coefficient (Wildman–Crippen LogP) is 3.15.